The van der Waals surface area contributed by atoms with E-state index in [1.165, 1.54) is 5.56 Å². The Morgan fingerprint density at radius 3 is 2.89 bits per heavy atom. The van der Waals surface area contributed by atoms with E-state index in [-0.39, 0.29) is 18.6 Å². The van der Waals surface area contributed by atoms with E-state index in [4.69, 9.17) is 9.47 Å². The van der Waals surface area contributed by atoms with Crippen LogP contribution in [-0.4, -0.2) is 50.2 Å². The molecular formula is C22H28N2O3. The summed E-state index contributed by atoms with van der Waals surface area (Å²) in [6.45, 7) is 6.24. The zero-order valence-electron chi connectivity index (χ0n) is 15.9. The molecule has 1 saturated heterocycles. The zero-order chi connectivity index (χ0) is 18.9. The molecular weight excluding hydrogens is 340 g/mol. The molecule has 0 radical (unpaired) electrons. The molecule has 1 aliphatic rings. The van der Waals surface area contributed by atoms with Gasteiger partial charge in [0.05, 0.1) is 12.7 Å². The largest absolute Gasteiger partial charge is 0.484 e. The summed E-state index contributed by atoms with van der Waals surface area (Å²) in [5.41, 5.74) is 2.34. The molecule has 0 saturated carbocycles. The van der Waals surface area contributed by atoms with E-state index in [0.717, 1.165) is 44.0 Å². The highest BCUT2D eigenvalue weighted by molar-refractivity contribution is 5.77. The molecule has 144 valence electrons. The molecule has 1 heterocycles. The van der Waals surface area contributed by atoms with Gasteiger partial charge in [-0.3, -0.25) is 9.69 Å². The van der Waals surface area contributed by atoms with Gasteiger partial charge in [-0.15, -0.1) is 0 Å². The third-order valence-electron chi connectivity index (χ3n) is 4.65. The van der Waals surface area contributed by atoms with Crippen molar-refractivity contribution in [1.82, 2.24) is 10.2 Å². The van der Waals surface area contributed by atoms with E-state index in [1.807, 2.05) is 49.4 Å². The summed E-state index contributed by atoms with van der Waals surface area (Å²) in [4.78, 5) is 14.3. The van der Waals surface area contributed by atoms with Crippen LogP contribution in [0, 0.1) is 6.92 Å². The van der Waals surface area contributed by atoms with Crippen molar-refractivity contribution < 1.29 is 14.3 Å². The molecule has 0 bridgehead atoms. The highest BCUT2D eigenvalue weighted by Gasteiger charge is 2.21. The van der Waals surface area contributed by atoms with Gasteiger partial charge in [0.2, 0.25) is 0 Å². The molecule has 1 amide bonds. The van der Waals surface area contributed by atoms with E-state index >= 15 is 0 Å². The summed E-state index contributed by atoms with van der Waals surface area (Å²) in [5, 5.41) is 2.93. The third-order valence-corrected chi connectivity index (χ3v) is 4.65. The van der Waals surface area contributed by atoms with Crippen molar-refractivity contribution in [3.8, 4) is 5.75 Å². The summed E-state index contributed by atoms with van der Waals surface area (Å²) in [7, 11) is 0. The maximum absolute atomic E-state index is 11.9. The second-order valence-corrected chi connectivity index (χ2v) is 6.88. The van der Waals surface area contributed by atoms with Gasteiger partial charge in [-0.05, 0) is 36.6 Å². The number of ether oxygens (including phenoxy) is 2. The quantitative estimate of drug-likeness (QED) is 0.728. The van der Waals surface area contributed by atoms with E-state index in [0.29, 0.717) is 6.54 Å². The van der Waals surface area contributed by atoms with Crippen molar-refractivity contribution >= 4 is 5.91 Å². The summed E-state index contributed by atoms with van der Waals surface area (Å²) in [5.74, 6) is 0.645. The van der Waals surface area contributed by atoms with Crippen LogP contribution in [0.4, 0.5) is 0 Å². The van der Waals surface area contributed by atoms with E-state index in [2.05, 4.69) is 22.3 Å². The molecule has 1 aliphatic heterocycles. The van der Waals surface area contributed by atoms with Crippen molar-refractivity contribution in [3.63, 3.8) is 0 Å². The minimum Gasteiger partial charge on any atom is -0.484 e. The molecule has 0 aliphatic carbocycles. The summed E-state index contributed by atoms with van der Waals surface area (Å²) in [6.07, 6.45) is 1.05. The van der Waals surface area contributed by atoms with Crippen LogP contribution in [0.25, 0.3) is 0 Å². The Labute approximate surface area is 161 Å². The average Bonchev–Trinajstić information content (AvgIpc) is 2.71. The fraction of sp³-hybridized carbons (Fsp3) is 0.409. The lowest BCUT2D eigenvalue weighted by Gasteiger charge is -2.33. The van der Waals surface area contributed by atoms with Crippen LogP contribution in [-0.2, 0) is 9.53 Å². The molecule has 27 heavy (non-hydrogen) atoms. The Kier molecular flexibility index (Phi) is 7.25. The van der Waals surface area contributed by atoms with Crippen LogP contribution in [0.15, 0.2) is 54.6 Å². The highest BCUT2D eigenvalue weighted by atomic mass is 16.5. The summed E-state index contributed by atoms with van der Waals surface area (Å²) >= 11 is 0. The van der Waals surface area contributed by atoms with Gasteiger partial charge in [0.15, 0.2) is 6.61 Å². The third kappa shape index (κ3) is 6.38. The molecule has 1 fully saturated rings. The first-order chi connectivity index (χ1) is 13.2. The summed E-state index contributed by atoms with van der Waals surface area (Å²) < 4.78 is 11.4. The zero-order valence-corrected chi connectivity index (χ0v) is 15.9. The second kappa shape index (κ2) is 10.1. The fourth-order valence-electron chi connectivity index (χ4n) is 3.21. The molecule has 1 atom stereocenters. The molecule has 1 unspecified atom stereocenters. The average molecular weight is 368 g/mol. The highest BCUT2D eigenvalue weighted by Crippen LogP contribution is 2.21. The first-order valence-corrected chi connectivity index (χ1v) is 9.56. The predicted octanol–water partition coefficient (Wildman–Crippen LogP) is 2.95. The van der Waals surface area contributed by atoms with Gasteiger partial charge in [-0.1, -0.05) is 42.5 Å². The van der Waals surface area contributed by atoms with Crippen LogP contribution in [0.3, 0.4) is 0 Å². The topological polar surface area (TPSA) is 50.8 Å². The van der Waals surface area contributed by atoms with E-state index < -0.39 is 0 Å². The Bertz CT molecular complexity index is 721. The van der Waals surface area contributed by atoms with Crippen LogP contribution in [0.5, 0.6) is 5.75 Å². The smallest absolute Gasteiger partial charge is 0.257 e. The number of carbonyl (C=O) groups is 1. The lowest BCUT2D eigenvalue weighted by atomic mass is 10.1. The number of morpholine rings is 1. The number of nitrogens with zero attached hydrogens (tertiary/aromatic N) is 1. The number of benzene rings is 2. The van der Waals surface area contributed by atoms with Crippen LogP contribution < -0.4 is 10.1 Å². The van der Waals surface area contributed by atoms with Gasteiger partial charge in [0.25, 0.3) is 5.91 Å². The van der Waals surface area contributed by atoms with Crippen molar-refractivity contribution in [2.45, 2.75) is 19.4 Å². The van der Waals surface area contributed by atoms with Crippen molar-refractivity contribution in [2.75, 3.05) is 39.4 Å². The Balaban J connectivity index is 1.32. The van der Waals surface area contributed by atoms with Gasteiger partial charge in [-0.25, -0.2) is 0 Å². The Hall–Kier alpha value is -2.37. The predicted molar refractivity (Wildman–Crippen MR) is 106 cm³/mol. The minimum absolute atomic E-state index is 0.0527. The standard InChI is InChI=1S/C22H28N2O3/c1-18-7-5-10-20(15-18)27-17-22(25)23-11-6-12-24-13-14-26-21(16-24)19-8-3-2-4-9-19/h2-5,7-10,15,21H,6,11-14,16-17H2,1H3,(H,23,25). The van der Waals surface area contributed by atoms with E-state index in [1.54, 1.807) is 0 Å². The first-order valence-electron chi connectivity index (χ1n) is 9.56. The number of aryl methyl sites for hydroxylation is 1. The SMILES string of the molecule is Cc1cccc(OCC(=O)NCCCN2CCOC(c3ccccc3)C2)c1. The lowest BCUT2D eigenvalue weighted by molar-refractivity contribution is -0.123. The van der Waals surface area contributed by atoms with Crippen molar-refractivity contribution in [3.05, 3.63) is 65.7 Å². The molecule has 1 N–H and O–H groups in total. The number of rotatable bonds is 8. The van der Waals surface area contributed by atoms with Crippen LogP contribution in [0.1, 0.15) is 23.7 Å². The van der Waals surface area contributed by atoms with E-state index in [9.17, 15) is 4.79 Å². The molecule has 5 nitrogen and oxygen atoms in total. The number of nitrogens with one attached hydrogen (secondary N) is 1. The maximum atomic E-state index is 11.9. The molecule has 0 spiro atoms. The van der Waals surface area contributed by atoms with Gasteiger partial charge < -0.3 is 14.8 Å². The second-order valence-electron chi connectivity index (χ2n) is 6.88. The number of carbonyl (C=O) groups excluding carboxylic acids is 1. The van der Waals surface area contributed by atoms with Gasteiger partial charge in [0, 0.05) is 26.2 Å². The molecule has 0 aromatic heterocycles. The van der Waals surface area contributed by atoms with Crippen LogP contribution in [0.2, 0.25) is 0 Å². The number of hydrogen-bond acceptors (Lipinski definition) is 4. The monoisotopic (exact) mass is 368 g/mol. The number of hydrogen-bond donors (Lipinski definition) is 1. The first kappa shape index (κ1) is 19.4. The van der Waals surface area contributed by atoms with Crippen molar-refractivity contribution in [2.24, 2.45) is 0 Å². The fourth-order valence-corrected chi connectivity index (χ4v) is 3.21. The number of amides is 1. The van der Waals surface area contributed by atoms with Gasteiger partial charge in [0.1, 0.15) is 5.75 Å². The van der Waals surface area contributed by atoms with Crippen LogP contribution >= 0.6 is 0 Å². The Morgan fingerprint density at radius 2 is 2.07 bits per heavy atom. The molecule has 2 aromatic rings. The normalized spacial score (nSPS) is 17.4. The lowest BCUT2D eigenvalue weighted by Crippen LogP contribution is -2.40. The molecule has 5 heteroatoms. The van der Waals surface area contributed by atoms with Crippen molar-refractivity contribution in [1.29, 1.82) is 0 Å². The molecule has 3 rings (SSSR count). The summed E-state index contributed by atoms with van der Waals surface area (Å²) in [6, 6.07) is 18.1. The van der Waals surface area contributed by atoms with Gasteiger partial charge >= 0.3 is 0 Å². The maximum Gasteiger partial charge on any atom is 0.257 e. The van der Waals surface area contributed by atoms with Gasteiger partial charge in [-0.2, -0.15) is 0 Å². The minimum atomic E-state index is -0.0827. The Morgan fingerprint density at radius 1 is 1.22 bits per heavy atom. The molecule has 2 aromatic carbocycles.